The van der Waals surface area contributed by atoms with Gasteiger partial charge >= 0.3 is 5.97 Å². The number of para-hydroxylation sites is 1. The average Bonchev–Trinajstić information content (AvgIpc) is 3.20. The van der Waals surface area contributed by atoms with Crippen molar-refractivity contribution in [1.82, 2.24) is 14.8 Å². The molecule has 3 aromatic rings. The highest BCUT2D eigenvalue weighted by Gasteiger charge is 2.36. The number of thioether (sulfide) groups is 1. The Balaban J connectivity index is 1.74. The van der Waals surface area contributed by atoms with Gasteiger partial charge in [0.25, 0.3) is 0 Å². The van der Waals surface area contributed by atoms with Crippen LogP contribution in [0.25, 0.3) is 0 Å². The van der Waals surface area contributed by atoms with Gasteiger partial charge in [0.2, 0.25) is 11.1 Å². The molecule has 0 aliphatic carbocycles. The summed E-state index contributed by atoms with van der Waals surface area (Å²) >= 11 is 7.76. The summed E-state index contributed by atoms with van der Waals surface area (Å²) in [6.07, 6.45) is 0. The highest BCUT2D eigenvalue weighted by atomic mass is 35.5. The summed E-state index contributed by atoms with van der Waals surface area (Å²) < 4.78 is 12.7. The van der Waals surface area contributed by atoms with Crippen LogP contribution in [0.3, 0.4) is 0 Å². The number of nitrogens with one attached hydrogen (secondary N) is 1. The van der Waals surface area contributed by atoms with E-state index in [1.54, 1.807) is 4.68 Å². The summed E-state index contributed by atoms with van der Waals surface area (Å²) in [5, 5.41) is 9.19. The first kappa shape index (κ1) is 22.2. The van der Waals surface area contributed by atoms with Crippen molar-refractivity contribution >= 4 is 35.3 Å². The number of carbonyl (C=O) groups excluding carboxylic acids is 1. The number of anilines is 1. The molecule has 0 saturated carbocycles. The molecule has 1 atom stereocenters. The molecule has 4 rings (SSSR count). The second-order valence-electron chi connectivity index (χ2n) is 7.07. The number of esters is 1. The molecule has 1 aromatic heterocycles. The maximum absolute atomic E-state index is 12.8. The van der Waals surface area contributed by atoms with Crippen LogP contribution in [0.4, 0.5) is 5.95 Å². The lowest BCUT2D eigenvalue weighted by Gasteiger charge is -2.28. The van der Waals surface area contributed by atoms with E-state index in [4.69, 9.17) is 26.2 Å². The molecule has 9 heteroatoms. The van der Waals surface area contributed by atoms with Gasteiger partial charge in [-0.2, -0.15) is 4.98 Å². The smallest absolute Gasteiger partial charge is 0.338 e. The van der Waals surface area contributed by atoms with Crippen LogP contribution in [0.15, 0.2) is 65.0 Å². The summed E-state index contributed by atoms with van der Waals surface area (Å²) in [5.41, 5.74) is 2.93. The number of rotatable bonds is 7. The number of ether oxygens (including phenoxy) is 2. The van der Waals surface area contributed by atoms with Gasteiger partial charge in [-0.3, -0.25) is 0 Å². The highest BCUT2D eigenvalue weighted by molar-refractivity contribution is 7.98. The number of halogens is 1. The Morgan fingerprint density at radius 2 is 1.97 bits per heavy atom. The van der Waals surface area contributed by atoms with E-state index >= 15 is 0 Å². The molecular weight excluding hydrogens is 448 g/mol. The average molecular weight is 471 g/mol. The van der Waals surface area contributed by atoms with Gasteiger partial charge in [0, 0.05) is 22.0 Å². The van der Waals surface area contributed by atoms with Crippen LogP contribution in [-0.4, -0.2) is 34.5 Å². The fourth-order valence-corrected chi connectivity index (χ4v) is 4.72. The molecule has 0 bridgehead atoms. The number of fused-ring (bicyclic) bond motifs is 1. The first-order valence-corrected chi connectivity index (χ1v) is 11.5. The van der Waals surface area contributed by atoms with Crippen LogP contribution in [0, 0.1) is 0 Å². The Morgan fingerprint density at radius 3 is 2.72 bits per heavy atom. The number of aromatic nitrogens is 3. The number of allylic oxidation sites excluding steroid dienone is 1. The minimum absolute atomic E-state index is 0.433. The van der Waals surface area contributed by atoms with Crippen molar-refractivity contribution < 1.29 is 14.3 Å². The van der Waals surface area contributed by atoms with Crippen molar-refractivity contribution in [3.8, 4) is 5.75 Å². The summed E-state index contributed by atoms with van der Waals surface area (Å²) in [4.78, 5) is 17.4. The summed E-state index contributed by atoms with van der Waals surface area (Å²) in [5.74, 6) is 1.42. The van der Waals surface area contributed by atoms with Crippen LogP contribution >= 0.6 is 23.4 Å². The van der Waals surface area contributed by atoms with Crippen LogP contribution in [-0.2, 0) is 15.3 Å². The van der Waals surface area contributed by atoms with Crippen molar-refractivity contribution in [1.29, 1.82) is 0 Å². The summed E-state index contributed by atoms with van der Waals surface area (Å²) in [7, 11) is 1.37. The van der Waals surface area contributed by atoms with E-state index in [9.17, 15) is 4.79 Å². The fraction of sp³-hybridized carbons (Fsp3) is 0.261. The van der Waals surface area contributed by atoms with Gasteiger partial charge in [-0.05, 0) is 31.5 Å². The van der Waals surface area contributed by atoms with Gasteiger partial charge in [-0.1, -0.05) is 59.8 Å². The van der Waals surface area contributed by atoms with Gasteiger partial charge in [0.05, 0.1) is 19.3 Å². The van der Waals surface area contributed by atoms with Gasteiger partial charge in [0.15, 0.2) is 0 Å². The third kappa shape index (κ3) is 4.33. The van der Waals surface area contributed by atoms with Crippen LogP contribution in [0.2, 0.25) is 5.02 Å². The molecule has 1 aliphatic heterocycles. The lowest BCUT2D eigenvalue weighted by molar-refractivity contribution is -0.136. The quantitative estimate of drug-likeness (QED) is 0.381. The van der Waals surface area contributed by atoms with E-state index in [2.05, 4.69) is 10.3 Å². The van der Waals surface area contributed by atoms with Crippen molar-refractivity contribution in [2.75, 3.05) is 19.0 Å². The zero-order valence-electron chi connectivity index (χ0n) is 18.0. The Kier molecular flexibility index (Phi) is 6.72. The Labute approximate surface area is 195 Å². The Morgan fingerprint density at radius 1 is 1.22 bits per heavy atom. The maximum atomic E-state index is 12.8. The number of nitrogens with zero attached hydrogens (tertiary/aromatic N) is 3. The van der Waals surface area contributed by atoms with Crippen LogP contribution < -0.4 is 10.1 Å². The number of methoxy groups -OCH3 is 1. The first-order chi connectivity index (χ1) is 15.5. The third-order valence-electron chi connectivity index (χ3n) is 5.07. The normalized spacial score (nSPS) is 15.2. The topological polar surface area (TPSA) is 78.3 Å². The van der Waals surface area contributed by atoms with Gasteiger partial charge in [-0.15, -0.1) is 5.10 Å². The molecule has 166 valence electrons. The van der Waals surface area contributed by atoms with Crippen molar-refractivity contribution in [2.24, 2.45) is 0 Å². The SMILES string of the molecule is CCOc1ccccc1C1C(C(=O)OC)=C(C)Nc2nc(SCc3ccccc3Cl)nn21. The Bertz CT molecular complexity index is 1180. The van der Waals surface area contributed by atoms with Crippen LogP contribution in [0.5, 0.6) is 5.75 Å². The largest absolute Gasteiger partial charge is 0.494 e. The van der Waals surface area contributed by atoms with E-state index < -0.39 is 12.0 Å². The van der Waals surface area contributed by atoms with Gasteiger partial charge in [0.1, 0.15) is 11.8 Å². The molecule has 7 nitrogen and oxygen atoms in total. The number of hydrogen-bond acceptors (Lipinski definition) is 7. The van der Waals surface area contributed by atoms with E-state index in [0.29, 0.717) is 45.5 Å². The van der Waals surface area contributed by atoms with Gasteiger partial charge in [-0.25, -0.2) is 9.48 Å². The van der Waals surface area contributed by atoms with Gasteiger partial charge < -0.3 is 14.8 Å². The van der Waals surface area contributed by atoms with E-state index in [1.165, 1.54) is 18.9 Å². The second kappa shape index (κ2) is 9.67. The summed E-state index contributed by atoms with van der Waals surface area (Å²) in [6.45, 7) is 4.25. The molecule has 32 heavy (non-hydrogen) atoms. The molecule has 2 heterocycles. The molecule has 0 saturated heterocycles. The fourth-order valence-electron chi connectivity index (χ4n) is 3.61. The number of benzene rings is 2. The molecule has 1 N–H and O–H groups in total. The minimum atomic E-state index is -0.538. The van der Waals surface area contributed by atoms with E-state index in [-0.39, 0.29) is 0 Å². The second-order valence-corrected chi connectivity index (χ2v) is 8.42. The lowest BCUT2D eigenvalue weighted by Crippen LogP contribution is -2.29. The standard InChI is InChI=1S/C23H23ClN4O3S/c1-4-31-18-12-8-6-10-16(18)20-19(21(29)30-3)14(2)25-22-26-23(27-28(20)22)32-13-15-9-5-7-11-17(15)24/h5-12,20H,4,13H2,1-3H3,(H,25,26,27). The molecule has 1 unspecified atom stereocenters. The molecule has 0 spiro atoms. The molecular formula is C23H23ClN4O3S. The predicted molar refractivity (Wildman–Crippen MR) is 125 cm³/mol. The molecule has 2 aromatic carbocycles. The molecule has 0 amide bonds. The predicted octanol–water partition coefficient (Wildman–Crippen LogP) is 5.08. The molecule has 0 radical (unpaired) electrons. The zero-order valence-corrected chi connectivity index (χ0v) is 19.5. The Hall–Kier alpha value is -2.97. The van der Waals surface area contributed by atoms with Crippen molar-refractivity contribution in [3.05, 3.63) is 76.0 Å². The maximum Gasteiger partial charge on any atom is 0.338 e. The molecule has 0 fully saturated rings. The monoisotopic (exact) mass is 470 g/mol. The first-order valence-electron chi connectivity index (χ1n) is 10.1. The molecule has 1 aliphatic rings. The highest BCUT2D eigenvalue weighted by Crippen LogP contribution is 2.40. The third-order valence-corrected chi connectivity index (χ3v) is 6.32. The zero-order chi connectivity index (χ0) is 22.7. The van der Waals surface area contributed by atoms with E-state index in [0.717, 1.165) is 11.1 Å². The number of carbonyl (C=O) groups is 1. The minimum Gasteiger partial charge on any atom is -0.494 e. The van der Waals surface area contributed by atoms with Crippen LogP contribution in [0.1, 0.15) is 31.0 Å². The lowest BCUT2D eigenvalue weighted by atomic mass is 9.95. The van der Waals surface area contributed by atoms with E-state index in [1.807, 2.05) is 62.4 Å². The van der Waals surface area contributed by atoms with Crippen molar-refractivity contribution in [2.45, 2.75) is 30.8 Å². The van der Waals surface area contributed by atoms with Crippen molar-refractivity contribution in [3.63, 3.8) is 0 Å². The summed E-state index contributed by atoms with van der Waals surface area (Å²) in [6, 6.07) is 14.8. The number of hydrogen-bond donors (Lipinski definition) is 1.